The van der Waals surface area contributed by atoms with Gasteiger partial charge in [0.05, 0.1) is 18.1 Å². The van der Waals surface area contributed by atoms with Crippen LogP contribution in [0.15, 0.2) is 16.1 Å². The van der Waals surface area contributed by atoms with Crippen molar-refractivity contribution in [1.29, 1.82) is 0 Å². The van der Waals surface area contributed by atoms with Crippen LogP contribution in [0.4, 0.5) is 0 Å². The Bertz CT molecular complexity index is 1110. The Kier molecular flexibility index (Phi) is 7.86. The van der Waals surface area contributed by atoms with Crippen molar-refractivity contribution < 1.29 is 14.4 Å². The van der Waals surface area contributed by atoms with Crippen LogP contribution < -0.4 is 16.0 Å². The number of hydrogen-bond acceptors (Lipinski definition) is 9. The Morgan fingerprint density at radius 2 is 0.806 bits per heavy atom. The lowest BCUT2D eigenvalue weighted by atomic mass is 10.0. The molecular weight excluding hydrogens is 517 g/mol. The van der Waals surface area contributed by atoms with Gasteiger partial charge < -0.3 is 16.0 Å². The number of aromatic nitrogens is 3. The molecular formula is C24H30N6O3S3. The number of nitrogens with one attached hydrogen (secondary N) is 3. The van der Waals surface area contributed by atoms with Crippen molar-refractivity contribution in [3.05, 3.63) is 48.2 Å². The monoisotopic (exact) mass is 546 g/mol. The molecule has 0 aliphatic carbocycles. The Labute approximate surface area is 222 Å². The van der Waals surface area contributed by atoms with Gasteiger partial charge >= 0.3 is 0 Å². The predicted molar refractivity (Wildman–Crippen MR) is 141 cm³/mol. The highest BCUT2D eigenvalue weighted by Gasteiger charge is 2.30. The molecule has 3 amide bonds. The maximum atomic E-state index is 13.1. The van der Waals surface area contributed by atoms with E-state index in [0.717, 1.165) is 0 Å². The summed E-state index contributed by atoms with van der Waals surface area (Å²) in [6.07, 6.45) is 0. The van der Waals surface area contributed by atoms with E-state index in [2.05, 4.69) is 30.9 Å². The van der Waals surface area contributed by atoms with Gasteiger partial charge in [-0.3, -0.25) is 14.4 Å². The first-order valence-corrected chi connectivity index (χ1v) is 14.5. The number of thiazole rings is 3. The molecule has 0 unspecified atom stereocenters. The summed E-state index contributed by atoms with van der Waals surface area (Å²) in [5.41, 5.74) is 0.853. The predicted octanol–water partition coefficient (Wildman–Crippen LogP) is 4.75. The second-order valence-corrected chi connectivity index (χ2v) is 12.5. The smallest absolute Gasteiger partial charge is 0.271 e. The Morgan fingerprint density at radius 1 is 0.556 bits per heavy atom. The molecule has 0 fully saturated rings. The molecule has 3 aromatic heterocycles. The van der Waals surface area contributed by atoms with Crippen LogP contribution in [0.25, 0.3) is 0 Å². The molecule has 3 atom stereocenters. The quantitative estimate of drug-likeness (QED) is 0.435. The molecule has 1 aliphatic rings. The highest BCUT2D eigenvalue weighted by molar-refractivity contribution is 7.10. The van der Waals surface area contributed by atoms with Gasteiger partial charge in [0.15, 0.2) is 0 Å². The van der Waals surface area contributed by atoms with E-state index in [-0.39, 0.29) is 70.7 Å². The summed E-state index contributed by atoms with van der Waals surface area (Å²) in [6.45, 7) is 11.9. The van der Waals surface area contributed by atoms with E-state index in [0.29, 0.717) is 15.0 Å². The highest BCUT2D eigenvalue weighted by Crippen LogP contribution is 2.30. The van der Waals surface area contributed by atoms with E-state index in [1.54, 1.807) is 16.1 Å². The zero-order valence-corrected chi connectivity index (χ0v) is 23.4. The van der Waals surface area contributed by atoms with Crippen molar-refractivity contribution in [3.8, 4) is 0 Å². The van der Waals surface area contributed by atoms with Crippen LogP contribution in [-0.4, -0.2) is 32.7 Å². The third-order valence-corrected chi connectivity index (χ3v) is 8.71. The molecule has 192 valence electrons. The van der Waals surface area contributed by atoms with Crippen LogP contribution in [0.5, 0.6) is 0 Å². The molecule has 0 spiro atoms. The fourth-order valence-corrected chi connectivity index (χ4v) is 6.85. The molecule has 4 heterocycles. The zero-order valence-electron chi connectivity index (χ0n) is 21.0. The summed E-state index contributed by atoms with van der Waals surface area (Å²) in [7, 11) is 0. The Hall–Kier alpha value is -2.70. The molecule has 4 rings (SSSR count). The van der Waals surface area contributed by atoms with Crippen LogP contribution in [0.1, 0.15) is 106 Å². The number of carbonyl (C=O) groups excluding carboxylic acids is 3. The molecule has 12 heteroatoms. The van der Waals surface area contributed by atoms with E-state index in [9.17, 15) is 14.4 Å². The molecule has 0 saturated heterocycles. The fraction of sp³-hybridized carbons (Fsp3) is 0.500. The largest absolute Gasteiger partial charge is 0.341 e. The first-order chi connectivity index (χ1) is 17.0. The van der Waals surface area contributed by atoms with E-state index < -0.39 is 0 Å². The lowest BCUT2D eigenvalue weighted by Gasteiger charge is -2.21. The summed E-state index contributed by atoms with van der Waals surface area (Å²) >= 11 is 4.02. The summed E-state index contributed by atoms with van der Waals surface area (Å²) in [4.78, 5) is 53.0. The van der Waals surface area contributed by atoms with E-state index in [1.165, 1.54) is 34.0 Å². The summed E-state index contributed by atoms with van der Waals surface area (Å²) in [5, 5.41) is 16.2. The number of nitrogens with zero attached hydrogens (tertiary/aromatic N) is 3. The van der Waals surface area contributed by atoms with Crippen LogP contribution in [0, 0.1) is 17.8 Å². The summed E-state index contributed by atoms with van der Waals surface area (Å²) in [5.74, 6) is -0.845. The first-order valence-electron chi connectivity index (χ1n) is 11.8. The van der Waals surface area contributed by atoms with Gasteiger partial charge in [0.25, 0.3) is 17.7 Å². The minimum Gasteiger partial charge on any atom is -0.341 e. The molecule has 36 heavy (non-hydrogen) atoms. The van der Waals surface area contributed by atoms with E-state index in [4.69, 9.17) is 0 Å². The topological polar surface area (TPSA) is 126 Å². The Morgan fingerprint density at radius 3 is 1.03 bits per heavy atom. The van der Waals surface area contributed by atoms with Crippen LogP contribution in [0.3, 0.4) is 0 Å². The number of amides is 3. The summed E-state index contributed by atoms with van der Waals surface area (Å²) in [6, 6.07) is -1.14. The van der Waals surface area contributed by atoms with Crippen LogP contribution >= 0.6 is 34.0 Å². The van der Waals surface area contributed by atoms with Crippen molar-refractivity contribution in [2.75, 3.05) is 0 Å². The maximum absolute atomic E-state index is 13.1. The van der Waals surface area contributed by atoms with Crippen molar-refractivity contribution in [2.45, 2.75) is 59.7 Å². The molecule has 3 aromatic rings. The third-order valence-electron chi connectivity index (χ3n) is 5.92. The second-order valence-electron chi connectivity index (χ2n) is 9.80. The SMILES string of the molecule is CC(C)[C@H]1NC(=O)c2csc(n2)[C@@H](C(C)C)NC(=O)c2csc(n2)[C@@H](C(C)C)NC(=O)c2csc1n2. The fourth-order valence-electron chi connectivity index (χ4n) is 3.79. The molecule has 0 radical (unpaired) electrons. The molecule has 9 nitrogen and oxygen atoms in total. The highest BCUT2D eigenvalue weighted by atomic mass is 32.1. The van der Waals surface area contributed by atoms with Gasteiger partial charge in [0, 0.05) is 16.1 Å². The van der Waals surface area contributed by atoms with Crippen LogP contribution in [-0.2, 0) is 0 Å². The molecule has 1 aliphatic heterocycles. The number of fused-ring (bicyclic) bond motifs is 6. The minimum atomic E-state index is -0.379. The Balaban J connectivity index is 1.78. The molecule has 3 N–H and O–H groups in total. The third kappa shape index (κ3) is 5.50. The second kappa shape index (κ2) is 10.7. The minimum absolute atomic E-state index is 0.0413. The zero-order chi connectivity index (χ0) is 26.1. The number of rotatable bonds is 3. The first kappa shape index (κ1) is 26.4. The van der Waals surface area contributed by atoms with Crippen molar-refractivity contribution >= 4 is 51.7 Å². The lowest BCUT2D eigenvalue weighted by molar-refractivity contribution is 0.0918. The van der Waals surface area contributed by atoms with Crippen molar-refractivity contribution in [1.82, 2.24) is 30.9 Å². The van der Waals surface area contributed by atoms with Crippen LogP contribution in [0.2, 0.25) is 0 Å². The average molecular weight is 547 g/mol. The number of carbonyl (C=O) groups is 3. The van der Waals surface area contributed by atoms with Gasteiger partial charge in [-0.1, -0.05) is 41.5 Å². The van der Waals surface area contributed by atoms with Gasteiger partial charge in [-0.2, -0.15) is 0 Å². The van der Waals surface area contributed by atoms with E-state index >= 15 is 0 Å². The van der Waals surface area contributed by atoms with Gasteiger partial charge in [0.2, 0.25) is 0 Å². The van der Waals surface area contributed by atoms with Crippen molar-refractivity contribution in [2.24, 2.45) is 17.8 Å². The van der Waals surface area contributed by atoms with Gasteiger partial charge in [-0.25, -0.2) is 15.0 Å². The van der Waals surface area contributed by atoms with Gasteiger partial charge in [-0.05, 0) is 17.8 Å². The molecule has 0 aromatic carbocycles. The molecule has 6 bridgehead atoms. The van der Waals surface area contributed by atoms with Crippen molar-refractivity contribution in [3.63, 3.8) is 0 Å². The maximum Gasteiger partial charge on any atom is 0.271 e. The summed E-state index contributed by atoms with van der Waals surface area (Å²) < 4.78 is 0. The standard InChI is InChI=1S/C24H30N6O3S3/c1-10(2)16-22-25-14(7-34-22)20(32)29-18(12(5)6)24-27-15(9-36-24)21(33)30-17(11(3)4)23-26-13(8-35-23)19(31)28-16/h7-12,16-18H,1-6H3,(H,28,31)(H,29,32)(H,30,33)/t16-,17-,18-/m1/s1. The van der Waals surface area contributed by atoms with Gasteiger partial charge in [-0.15, -0.1) is 34.0 Å². The lowest BCUT2D eigenvalue weighted by Crippen LogP contribution is -2.34. The normalized spacial score (nSPS) is 21.2. The number of hydrogen-bond donors (Lipinski definition) is 3. The molecule has 0 saturated carbocycles. The van der Waals surface area contributed by atoms with E-state index in [1.807, 2.05) is 41.5 Å². The van der Waals surface area contributed by atoms with Gasteiger partial charge in [0.1, 0.15) is 32.1 Å². The average Bonchev–Trinajstić information content (AvgIpc) is 3.58.